The first-order valence-corrected chi connectivity index (χ1v) is 10.0. The zero-order chi connectivity index (χ0) is 17.9. The fourth-order valence-electron chi connectivity index (χ4n) is 3.14. The molecular weight excluding hydrogens is 336 g/mol. The van der Waals surface area contributed by atoms with Crippen LogP contribution in [0.3, 0.4) is 0 Å². The van der Waals surface area contributed by atoms with Crippen LogP contribution in [0.5, 0.6) is 0 Å². The molecule has 0 aromatic heterocycles. The van der Waals surface area contributed by atoms with Crippen molar-refractivity contribution in [1.29, 1.82) is 0 Å². The number of carbonyl (C=O) groups is 1. The van der Waals surface area contributed by atoms with Gasteiger partial charge >= 0.3 is 0 Å². The maximum atomic E-state index is 12.9. The summed E-state index contributed by atoms with van der Waals surface area (Å²) in [7, 11) is -3.51. The molecule has 1 unspecified atom stereocenters. The summed E-state index contributed by atoms with van der Waals surface area (Å²) in [5, 5.41) is 0. The largest absolute Gasteiger partial charge is 0.337 e. The Bertz CT molecular complexity index is 850. The molecule has 2 aromatic carbocycles. The van der Waals surface area contributed by atoms with Gasteiger partial charge in [-0.05, 0) is 36.6 Å². The highest BCUT2D eigenvalue weighted by Gasteiger charge is 2.25. The number of nitrogens with two attached hydrogens (primary N) is 1. The first kappa shape index (κ1) is 17.6. The smallest absolute Gasteiger partial charge is 0.254 e. The molecule has 1 fully saturated rings. The SMILES string of the molecule is NC1CCCN(C(=O)c2ccccc2CS(=O)(=O)c2ccccc2)C1. The molecule has 3 rings (SSSR count). The van der Waals surface area contributed by atoms with Crippen molar-refractivity contribution in [2.45, 2.75) is 29.5 Å². The van der Waals surface area contributed by atoms with Crippen molar-refractivity contribution in [3.05, 3.63) is 65.7 Å². The van der Waals surface area contributed by atoms with E-state index in [0.29, 0.717) is 24.2 Å². The molecule has 0 saturated carbocycles. The number of amides is 1. The Labute approximate surface area is 148 Å². The topological polar surface area (TPSA) is 80.5 Å². The third-order valence-corrected chi connectivity index (χ3v) is 6.12. The van der Waals surface area contributed by atoms with E-state index in [2.05, 4.69) is 0 Å². The third kappa shape index (κ3) is 4.08. The van der Waals surface area contributed by atoms with Gasteiger partial charge < -0.3 is 10.6 Å². The molecule has 0 radical (unpaired) electrons. The van der Waals surface area contributed by atoms with E-state index in [9.17, 15) is 13.2 Å². The number of likely N-dealkylation sites (tertiary alicyclic amines) is 1. The molecule has 2 N–H and O–H groups in total. The van der Waals surface area contributed by atoms with Gasteiger partial charge in [0.1, 0.15) is 0 Å². The highest BCUT2D eigenvalue weighted by Crippen LogP contribution is 2.21. The fourth-order valence-corrected chi connectivity index (χ4v) is 4.54. The lowest BCUT2D eigenvalue weighted by molar-refractivity contribution is 0.0708. The van der Waals surface area contributed by atoms with E-state index in [1.165, 1.54) is 0 Å². The number of sulfone groups is 1. The second kappa shape index (κ2) is 7.37. The third-order valence-electron chi connectivity index (χ3n) is 4.44. The van der Waals surface area contributed by atoms with Crippen molar-refractivity contribution < 1.29 is 13.2 Å². The van der Waals surface area contributed by atoms with Gasteiger partial charge in [-0.25, -0.2) is 8.42 Å². The Morgan fingerprint density at radius 2 is 1.76 bits per heavy atom. The van der Waals surface area contributed by atoms with Gasteiger partial charge in [0.2, 0.25) is 0 Å². The number of hydrogen-bond acceptors (Lipinski definition) is 4. The highest BCUT2D eigenvalue weighted by atomic mass is 32.2. The number of benzene rings is 2. The van der Waals surface area contributed by atoms with Gasteiger partial charge in [-0.3, -0.25) is 4.79 Å². The number of rotatable bonds is 4. The van der Waals surface area contributed by atoms with Crippen LogP contribution in [0.2, 0.25) is 0 Å². The first-order chi connectivity index (χ1) is 12.0. The van der Waals surface area contributed by atoms with E-state index >= 15 is 0 Å². The molecule has 25 heavy (non-hydrogen) atoms. The van der Waals surface area contributed by atoms with Crippen LogP contribution in [0.15, 0.2) is 59.5 Å². The van der Waals surface area contributed by atoms with Gasteiger partial charge in [0.15, 0.2) is 9.84 Å². The van der Waals surface area contributed by atoms with E-state index in [1.54, 1.807) is 59.5 Å². The lowest BCUT2D eigenvalue weighted by atomic mass is 10.0. The van der Waals surface area contributed by atoms with Crippen molar-refractivity contribution in [3.8, 4) is 0 Å². The second-order valence-corrected chi connectivity index (χ2v) is 8.37. The molecule has 2 aromatic rings. The molecular formula is C19H22N2O3S. The van der Waals surface area contributed by atoms with Gasteiger partial charge in [-0.1, -0.05) is 36.4 Å². The van der Waals surface area contributed by atoms with Gasteiger partial charge in [-0.2, -0.15) is 0 Å². The lowest BCUT2D eigenvalue weighted by Crippen LogP contribution is -2.45. The quantitative estimate of drug-likeness (QED) is 0.909. The molecule has 0 aliphatic carbocycles. The molecule has 1 heterocycles. The molecule has 5 nitrogen and oxygen atoms in total. The summed E-state index contributed by atoms with van der Waals surface area (Å²) in [4.78, 5) is 14.8. The Morgan fingerprint density at radius 1 is 1.08 bits per heavy atom. The minimum atomic E-state index is -3.51. The van der Waals surface area contributed by atoms with Crippen LogP contribution < -0.4 is 5.73 Å². The zero-order valence-corrected chi connectivity index (χ0v) is 14.8. The molecule has 1 amide bonds. The summed E-state index contributed by atoms with van der Waals surface area (Å²) in [6.07, 6.45) is 1.78. The average Bonchev–Trinajstić information content (AvgIpc) is 2.62. The molecule has 1 saturated heterocycles. The number of nitrogens with zero attached hydrogens (tertiary/aromatic N) is 1. The van der Waals surface area contributed by atoms with E-state index in [4.69, 9.17) is 5.73 Å². The van der Waals surface area contributed by atoms with Gasteiger partial charge in [-0.15, -0.1) is 0 Å². The second-order valence-electron chi connectivity index (χ2n) is 6.38. The minimum absolute atomic E-state index is 0.0158. The summed E-state index contributed by atoms with van der Waals surface area (Å²) in [6.45, 7) is 1.17. The summed E-state index contributed by atoms with van der Waals surface area (Å²) in [5.74, 6) is -0.340. The van der Waals surface area contributed by atoms with Crippen LogP contribution in [0.25, 0.3) is 0 Å². The molecule has 1 aliphatic rings. The zero-order valence-electron chi connectivity index (χ0n) is 14.0. The number of hydrogen-bond donors (Lipinski definition) is 1. The fraction of sp³-hybridized carbons (Fsp3) is 0.316. The Hall–Kier alpha value is -2.18. The van der Waals surface area contributed by atoms with E-state index in [1.807, 2.05) is 0 Å². The van der Waals surface area contributed by atoms with E-state index in [-0.39, 0.29) is 22.6 Å². The molecule has 0 bridgehead atoms. The molecule has 1 aliphatic heterocycles. The highest BCUT2D eigenvalue weighted by molar-refractivity contribution is 7.90. The van der Waals surface area contributed by atoms with Crippen LogP contribution in [0.4, 0.5) is 0 Å². The summed E-state index contributed by atoms with van der Waals surface area (Å²) in [6, 6.07) is 15.2. The maximum absolute atomic E-state index is 12.9. The van der Waals surface area contributed by atoms with Crippen LogP contribution in [-0.4, -0.2) is 38.4 Å². The van der Waals surface area contributed by atoms with Crippen LogP contribution in [-0.2, 0) is 15.6 Å². The molecule has 1 atom stereocenters. The van der Waals surface area contributed by atoms with Gasteiger partial charge in [0.25, 0.3) is 5.91 Å². The Balaban J connectivity index is 1.87. The lowest BCUT2D eigenvalue weighted by Gasteiger charge is -2.31. The predicted molar refractivity (Wildman–Crippen MR) is 96.9 cm³/mol. The standard InChI is InChI=1S/C19H22N2O3S/c20-16-8-6-12-21(13-16)19(22)18-11-5-4-7-15(18)14-25(23,24)17-9-2-1-3-10-17/h1-5,7,9-11,16H,6,8,12-14,20H2. The van der Waals surface area contributed by atoms with Crippen LogP contribution in [0.1, 0.15) is 28.8 Å². The molecule has 132 valence electrons. The summed E-state index contributed by atoms with van der Waals surface area (Å²) < 4.78 is 25.3. The van der Waals surface area contributed by atoms with E-state index < -0.39 is 9.84 Å². The average molecular weight is 358 g/mol. The first-order valence-electron chi connectivity index (χ1n) is 8.38. The van der Waals surface area contributed by atoms with Crippen molar-refractivity contribution >= 4 is 15.7 Å². The summed E-state index contributed by atoms with van der Waals surface area (Å²) in [5.41, 5.74) is 6.93. The van der Waals surface area contributed by atoms with Crippen LogP contribution >= 0.6 is 0 Å². The monoisotopic (exact) mass is 358 g/mol. The minimum Gasteiger partial charge on any atom is -0.337 e. The molecule has 6 heteroatoms. The normalized spacial score (nSPS) is 18.1. The van der Waals surface area contributed by atoms with Crippen molar-refractivity contribution in [1.82, 2.24) is 4.90 Å². The number of piperidine rings is 1. The van der Waals surface area contributed by atoms with Crippen molar-refractivity contribution in [2.24, 2.45) is 5.73 Å². The molecule has 0 spiro atoms. The maximum Gasteiger partial charge on any atom is 0.254 e. The Morgan fingerprint density at radius 3 is 2.48 bits per heavy atom. The van der Waals surface area contributed by atoms with E-state index in [0.717, 1.165) is 12.8 Å². The predicted octanol–water partition coefficient (Wildman–Crippen LogP) is 2.22. The summed E-state index contributed by atoms with van der Waals surface area (Å²) >= 11 is 0. The van der Waals surface area contributed by atoms with Crippen molar-refractivity contribution in [2.75, 3.05) is 13.1 Å². The Kier molecular flexibility index (Phi) is 5.20. The van der Waals surface area contributed by atoms with Crippen molar-refractivity contribution in [3.63, 3.8) is 0 Å². The van der Waals surface area contributed by atoms with Gasteiger partial charge in [0, 0.05) is 24.7 Å². The van der Waals surface area contributed by atoms with Gasteiger partial charge in [0.05, 0.1) is 10.6 Å². The number of carbonyl (C=O) groups excluding carboxylic acids is 1. The van der Waals surface area contributed by atoms with Crippen LogP contribution in [0, 0.1) is 0 Å².